The van der Waals surface area contributed by atoms with Gasteiger partial charge in [0.2, 0.25) is 17.7 Å². The van der Waals surface area contributed by atoms with E-state index in [0.29, 0.717) is 12.0 Å². The Bertz CT molecular complexity index is 1160. The van der Waals surface area contributed by atoms with Crippen molar-refractivity contribution in [3.63, 3.8) is 0 Å². The SMILES string of the molecule is CC(C)[C@@H](C(=O)N[C@H](CNCC(N)=O)Cc1ccc(O)c(C(C)(C)C)c1)N(C)C(=O)[C@@H](N)Cc1ccc(F)cc1. The number of hydrogen-bond acceptors (Lipinski definition) is 6. The van der Waals surface area contributed by atoms with Gasteiger partial charge in [-0.25, -0.2) is 4.39 Å². The minimum Gasteiger partial charge on any atom is -0.508 e. The van der Waals surface area contributed by atoms with E-state index in [1.807, 2.05) is 40.7 Å². The highest BCUT2D eigenvalue weighted by atomic mass is 19.1. The Morgan fingerprint density at radius 1 is 1.02 bits per heavy atom. The summed E-state index contributed by atoms with van der Waals surface area (Å²) in [6, 6.07) is 8.95. The van der Waals surface area contributed by atoms with Crippen LogP contribution < -0.4 is 22.1 Å². The van der Waals surface area contributed by atoms with Crippen molar-refractivity contribution in [1.82, 2.24) is 15.5 Å². The third kappa shape index (κ3) is 9.60. The van der Waals surface area contributed by atoms with E-state index in [4.69, 9.17) is 11.5 Å². The lowest BCUT2D eigenvalue weighted by atomic mass is 9.84. The number of primary amides is 1. The molecular formula is C30H44FN5O4. The second-order valence-corrected chi connectivity index (χ2v) is 11.7. The molecule has 3 amide bonds. The Kier molecular flexibility index (Phi) is 11.6. The van der Waals surface area contributed by atoms with Crippen LogP contribution in [0.1, 0.15) is 51.3 Å². The number of nitrogens with two attached hydrogens (primary N) is 2. The summed E-state index contributed by atoms with van der Waals surface area (Å²) in [7, 11) is 1.55. The number of carbonyl (C=O) groups is 3. The molecule has 0 saturated heterocycles. The van der Waals surface area contributed by atoms with Crippen molar-refractivity contribution in [2.45, 2.75) is 71.0 Å². The number of nitrogens with one attached hydrogen (secondary N) is 2. The van der Waals surface area contributed by atoms with Crippen LogP contribution in [0.4, 0.5) is 4.39 Å². The van der Waals surface area contributed by atoms with Gasteiger partial charge in [0, 0.05) is 19.6 Å². The second kappa shape index (κ2) is 14.2. The zero-order chi connectivity index (χ0) is 30.2. The van der Waals surface area contributed by atoms with Crippen LogP contribution in [0.5, 0.6) is 5.75 Å². The highest BCUT2D eigenvalue weighted by Crippen LogP contribution is 2.31. The number of phenolic OH excluding ortho intramolecular Hbond substituents is 1. The van der Waals surface area contributed by atoms with Crippen LogP contribution in [0.25, 0.3) is 0 Å². The number of likely N-dealkylation sites (N-methyl/N-ethyl adjacent to an activating group) is 1. The number of rotatable bonds is 13. The second-order valence-electron chi connectivity index (χ2n) is 11.7. The van der Waals surface area contributed by atoms with Gasteiger partial charge in [-0.05, 0) is 59.1 Å². The van der Waals surface area contributed by atoms with Crippen LogP contribution >= 0.6 is 0 Å². The standard InChI is InChI=1S/C30H44FN5O4/c1-18(2)27(36(6)29(40)24(32)15-19-7-10-21(31)11-8-19)28(39)35-22(16-34-17-26(33)38)13-20-9-12-25(37)23(14-20)30(3,4)5/h7-12,14,18,22,24,27,34,37H,13,15-17,32H2,1-6H3,(H2,33,38)(H,35,39)/t22-,24-,27-/m0/s1. The van der Waals surface area contributed by atoms with Crippen LogP contribution in [0.2, 0.25) is 0 Å². The molecule has 0 bridgehead atoms. The van der Waals surface area contributed by atoms with Crippen LogP contribution in [0.3, 0.4) is 0 Å². The van der Waals surface area contributed by atoms with Crippen molar-refractivity contribution in [3.05, 3.63) is 65.0 Å². The van der Waals surface area contributed by atoms with Gasteiger partial charge in [-0.2, -0.15) is 0 Å². The molecule has 3 atom stereocenters. The van der Waals surface area contributed by atoms with Gasteiger partial charge in [-0.1, -0.05) is 58.9 Å². The van der Waals surface area contributed by atoms with E-state index in [-0.39, 0.29) is 48.3 Å². The third-order valence-electron chi connectivity index (χ3n) is 6.74. The van der Waals surface area contributed by atoms with Gasteiger partial charge < -0.3 is 32.1 Å². The molecule has 220 valence electrons. The highest BCUT2D eigenvalue weighted by molar-refractivity contribution is 5.90. The van der Waals surface area contributed by atoms with Crippen LogP contribution in [-0.4, -0.2) is 66.0 Å². The average Bonchev–Trinajstić information content (AvgIpc) is 2.84. The lowest BCUT2D eigenvalue weighted by Gasteiger charge is -2.33. The van der Waals surface area contributed by atoms with Crippen molar-refractivity contribution in [2.24, 2.45) is 17.4 Å². The maximum atomic E-state index is 13.6. The lowest BCUT2D eigenvalue weighted by Crippen LogP contribution is -2.57. The zero-order valence-electron chi connectivity index (χ0n) is 24.3. The Labute approximate surface area is 236 Å². The molecule has 2 rings (SSSR count). The van der Waals surface area contributed by atoms with Crippen LogP contribution in [-0.2, 0) is 32.6 Å². The van der Waals surface area contributed by atoms with Gasteiger partial charge in [-0.3, -0.25) is 14.4 Å². The number of aromatic hydroxyl groups is 1. The van der Waals surface area contributed by atoms with Crippen molar-refractivity contribution in [3.8, 4) is 5.75 Å². The molecule has 0 aliphatic carbocycles. The summed E-state index contributed by atoms with van der Waals surface area (Å²) in [6.45, 7) is 9.89. The summed E-state index contributed by atoms with van der Waals surface area (Å²) in [5, 5.41) is 16.4. The minimum absolute atomic E-state index is 0.0561. The predicted octanol–water partition coefficient (Wildman–Crippen LogP) is 1.98. The topological polar surface area (TPSA) is 151 Å². The quantitative estimate of drug-likeness (QED) is 0.254. The first-order valence-corrected chi connectivity index (χ1v) is 13.5. The first-order chi connectivity index (χ1) is 18.6. The maximum Gasteiger partial charge on any atom is 0.243 e. The Morgan fingerprint density at radius 3 is 2.17 bits per heavy atom. The molecular weight excluding hydrogens is 513 g/mol. The molecule has 0 heterocycles. The van der Waals surface area contributed by atoms with E-state index in [9.17, 15) is 23.9 Å². The molecule has 0 unspecified atom stereocenters. The summed E-state index contributed by atoms with van der Waals surface area (Å²) in [6.07, 6.45) is 0.611. The van der Waals surface area contributed by atoms with Crippen molar-refractivity contribution < 1.29 is 23.9 Å². The van der Waals surface area contributed by atoms with E-state index in [1.54, 1.807) is 31.3 Å². The first kappa shape index (κ1) is 32.7. The van der Waals surface area contributed by atoms with E-state index in [1.165, 1.54) is 17.0 Å². The number of phenols is 1. The molecule has 0 radical (unpaired) electrons. The smallest absolute Gasteiger partial charge is 0.243 e. The summed E-state index contributed by atoms with van der Waals surface area (Å²) >= 11 is 0. The summed E-state index contributed by atoms with van der Waals surface area (Å²) in [5.41, 5.74) is 13.6. The van der Waals surface area contributed by atoms with E-state index >= 15 is 0 Å². The molecule has 0 spiro atoms. The molecule has 0 saturated carbocycles. The van der Waals surface area contributed by atoms with Gasteiger partial charge in [-0.15, -0.1) is 0 Å². The van der Waals surface area contributed by atoms with Gasteiger partial charge in [0.15, 0.2) is 0 Å². The highest BCUT2D eigenvalue weighted by Gasteiger charge is 2.33. The molecule has 0 aliphatic rings. The van der Waals surface area contributed by atoms with Gasteiger partial charge in [0.1, 0.15) is 17.6 Å². The molecule has 0 aliphatic heterocycles. The number of nitrogens with zero attached hydrogens (tertiary/aromatic N) is 1. The molecule has 0 fully saturated rings. The fraction of sp³-hybridized carbons (Fsp3) is 0.500. The fourth-order valence-electron chi connectivity index (χ4n) is 4.71. The van der Waals surface area contributed by atoms with Crippen molar-refractivity contribution in [1.29, 1.82) is 0 Å². The van der Waals surface area contributed by atoms with Crippen LogP contribution in [0.15, 0.2) is 42.5 Å². The van der Waals surface area contributed by atoms with E-state index in [0.717, 1.165) is 11.1 Å². The summed E-state index contributed by atoms with van der Waals surface area (Å²) in [4.78, 5) is 39.4. The minimum atomic E-state index is -0.912. The normalized spacial score (nSPS) is 13.9. The number of hydrogen-bond donors (Lipinski definition) is 5. The number of carbonyl (C=O) groups excluding carboxylic acids is 3. The van der Waals surface area contributed by atoms with Gasteiger partial charge in [0.25, 0.3) is 0 Å². The molecule has 0 aromatic heterocycles. The maximum absolute atomic E-state index is 13.6. The summed E-state index contributed by atoms with van der Waals surface area (Å²) in [5.74, 6) is -1.70. The van der Waals surface area contributed by atoms with Crippen molar-refractivity contribution in [2.75, 3.05) is 20.1 Å². The largest absolute Gasteiger partial charge is 0.508 e. The molecule has 2 aromatic rings. The Morgan fingerprint density at radius 2 is 1.62 bits per heavy atom. The molecule has 2 aromatic carbocycles. The monoisotopic (exact) mass is 557 g/mol. The molecule has 7 N–H and O–H groups in total. The zero-order valence-corrected chi connectivity index (χ0v) is 24.3. The lowest BCUT2D eigenvalue weighted by molar-refractivity contribution is -0.141. The molecule has 40 heavy (non-hydrogen) atoms. The van der Waals surface area contributed by atoms with Gasteiger partial charge >= 0.3 is 0 Å². The number of amides is 3. The van der Waals surface area contributed by atoms with E-state index < -0.39 is 29.9 Å². The predicted molar refractivity (Wildman–Crippen MR) is 154 cm³/mol. The number of benzene rings is 2. The van der Waals surface area contributed by atoms with Gasteiger partial charge in [0.05, 0.1) is 12.6 Å². The average molecular weight is 558 g/mol. The van der Waals surface area contributed by atoms with Crippen LogP contribution in [0, 0.1) is 11.7 Å². The Hall–Kier alpha value is -3.50. The third-order valence-corrected chi connectivity index (χ3v) is 6.74. The fourth-order valence-corrected chi connectivity index (χ4v) is 4.71. The van der Waals surface area contributed by atoms with Crippen molar-refractivity contribution >= 4 is 17.7 Å². The first-order valence-electron chi connectivity index (χ1n) is 13.5. The molecule has 9 nitrogen and oxygen atoms in total. The Balaban J connectivity index is 2.22. The number of halogens is 1. The summed E-state index contributed by atoms with van der Waals surface area (Å²) < 4.78 is 13.3. The molecule has 10 heteroatoms. The van der Waals surface area contributed by atoms with E-state index in [2.05, 4.69) is 10.6 Å².